The predicted octanol–water partition coefficient (Wildman–Crippen LogP) is 4.30. The van der Waals surface area contributed by atoms with E-state index in [1.807, 2.05) is 0 Å². The van der Waals surface area contributed by atoms with E-state index in [-0.39, 0.29) is 34.7 Å². The molecule has 236 valence electrons. The number of carbonyl (C=O) groups excluding carboxylic acids is 3. The van der Waals surface area contributed by atoms with Crippen LogP contribution in [0.15, 0.2) is 42.5 Å². The van der Waals surface area contributed by atoms with Crippen molar-refractivity contribution in [3.05, 3.63) is 59.2 Å². The molecule has 2 aromatic rings. The summed E-state index contributed by atoms with van der Waals surface area (Å²) in [5.41, 5.74) is -0.587. The minimum atomic E-state index is -3.17. The summed E-state index contributed by atoms with van der Waals surface area (Å²) in [4.78, 5) is 51.1. The van der Waals surface area contributed by atoms with E-state index in [4.69, 9.17) is 9.47 Å². The van der Waals surface area contributed by atoms with Crippen molar-refractivity contribution in [3.8, 4) is 11.1 Å². The molecule has 0 unspecified atom stereocenters. The molecule has 2 fully saturated rings. The van der Waals surface area contributed by atoms with Crippen LogP contribution in [-0.4, -0.2) is 77.9 Å². The minimum absolute atomic E-state index is 0.121. The van der Waals surface area contributed by atoms with Gasteiger partial charge in [-0.15, -0.1) is 0 Å². The van der Waals surface area contributed by atoms with Crippen LogP contribution in [0, 0.1) is 5.41 Å². The van der Waals surface area contributed by atoms with Crippen LogP contribution in [0.4, 0.5) is 13.6 Å². The van der Waals surface area contributed by atoms with Crippen LogP contribution in [0.2, 0.25) is 0 Å². The molecule has 0 spiro atoms. The zero-order valence-electron chi connectivity index (χ0n) is 25.0. The maximum Gasteiger partial charge on any atom is 0.407 e. The van der Waals surface area contributed by atoms with E-state index >= 15 is 0 Å². The van der Waals surface area contributed by atoms with Crippen molar-refractivity contribution in [2.24, 2.45) is 5.41 Å². The van der Waals surface area contributed by atoms with Crippen molar-refractivity contribution in [1.29, 1.82) is 0 Å². The lowest BCUT2D eigenvalue weighted by molar-refractivity contribution is -0.149. The van der Waals surface area contributed by atoms with Crippen LogP contribution in [0.3, 0.4) is 0 Å². The van der Waals surface area contributed by atoms with Crippen molar-refractivity contribution < 1.29 is 42.5 Å². The van der Waals surface area contributed by atoms with Gasteiger partial charge < -0.3 is 30.1 Å². The molecule has 2 aromatic carbocycles. The first-order valence-corrected chi connectivity index (χ1v) is 14.7. The van der Waals surface area contributed by atoms with Crippen LogP contribution in [-0.2, 0) is 25.0 Å². The fourth-order valence-electron chi connectivity index (χ4n) is 6.18. The molecule has 10 nitrogen and oxygen atoms in total. The number of alkyl halides is 2. The number of halogens is 2. The van der Waals surface area contributed by atoms with Crippen molar-refractivity contribution in [3.63, 3.8) is 0 Å². The van der Waals surface area contributed by atoms with E-state index in [1.165, 1.54) is 35.2 Å². The molecule has 1 saturated heterocycles. The Labute approximate surface area is 254 Å². The Morgan fingerprint density at radius 3 is 2.45 bits per heavy atom. The van der Waals surface area contributed by atoms with Gasteiger partial charge in [-0.25, -0.2) is 9.59 Å². The van der Waals surface area contributed by atoms with E-state index in [0.29, 0.717) is 44.6 Å². The minimum Gasteiger partial charge on any atom is -0.480 e. The van der Waals surface area contributed by atoms with E-state index < -0.39 is 53.4 Å². The lowest BCUT2D eigenvalue weighted by Crippen LogP contribution is -2.47. The first-order chi connectivity index (χ1) is 20.7. The van der Waals surface area contributed by atoms with Crippen LogP contribution in [0.5, 0.6) is 0 Å². The average molecular weight is 614 g/mol. The van der Waals surface area contributed by atoms with Gasteiger partial charge in [-0.2, -0.15) is 8.78 Å². The van der Waals surface area contributed by atoms with Gasteiger partial charge in [0.25, 0.3) is 11.8 Å². The number of alkyl carbamates (subject to hydrolysis) is 1. The second kappa shape index (κ2) is 11.8. The van der Waals surface area contributed by atoms with Gasteiger partial charge in [-0.3, -0.25) is 9.59 Å². The van der Waals surface area contributed by atoms with Gasteiger partial charge >= 0.3 is 12.1 Å². The van der Waals surface area contributed by atoms with Crippen molar-refractivity contribution in [2.45, 2.75) is 70.1 Å². The highest BCUT2D eigenvalue weighted by molar-refractivity contribution is 5.99. The number of amides is 3. The van der Waals surface area contributed by atoms with Gasteiger partial charge in [-0.1, -0.05) is 30.3 Å². The fourth-order valence-corrected chi connectivity index (χ4v) is 6.18. The number of carbonyl (C=O) groups is 4. The number of ether oxygens (including phenoxy) is 2. The molecule has 3 aliphatic rings. The van der Waals surface area contributed by atoms with Crippen molar-refractivity contribution >= 4 is 23.9 Å². The molecule has 44 heavy (non-hydrogen) atoms. The molecule has 0 bridgehead atoms. The summed E-state index contributed by atoms with van der Waals surface area (Å²) in [7, 11) is 0. The highest BCUT2D eigenvalue weighted by Gasteiger charge is 2.67. The van der Waals surface area contributed by atoms with Gasteiger partial charge in [0.05, 0.1) is 13.2 Å². The van der Waals surface area contributed by atoms with Gasteiger partial charge in [0.1, 0.15) is 11.6 Å². The molecule has 1 heterocycles. The number of carboxylic acid groups (broad SMARTS) is 1. The average Bonchev–Trinajstić information content (AvgIpc) is 3.48. The monoisotopic (exact) mass is 613 g/mol. The smallest absolute Gasteiger partial charge is 0.407 e. The Hall–Kier alpha value is -4.06. The Balaban J connectivity index is 1.11. The summed E-state index contributed by atoms with van der Waals surface area (Å²) in [6.07, 6.45) is 1.74. The summed E-state index contributed by atoms with van der Waals surface area (Å²) < 4.78 is 40.7. The Morgan fingerprint density at radius 1 is 1.00 bits per heavy atom. The maximum atomic E-state index is 14.9. The number of aliphatic carboxylic acids is 1. The number of nitrogens with zero attached hydrogens (tertiary/aromatic N) is 1. The molecule has 3 N–H and O–H groups in total. The first kappa shape index (κ1) is 31.4. The number of hydrogen-bond acceptors (Lipinski definition) is 6. The molecule has 1 saturated carbocycles. The van der Waals surface area contributed by atoms with Gasteiger partial charge in [0.2, 0.25) is 5.91 Å². The molecule has 0 aromatic heterocycles. The molecule has 5 rings (SSSR count). The zero-order valence-corrected chi connectivity index (χ0v) is 25.0. The van der Waals surface area contributed by atoms with E-state index in [0.717, 1.165) is 0 Å². The van der Waals surface area contributed by atoms with Crippen LogP contribution < -0.4 is 10.6 Å². The molecular formula is C32H37F2N3O7. The third-order valence-electron chi connectivity index (χ3n) is 8.34. The van der Waals surface area contributed by atoms with Gasteiger partial charge in [0, 0.05) is 41.3 Å². The number of fused-ring (bicyclic) bond motifs is 4. The highest BCUT2D eigenvalue weighted by Crippen LogP contribution is 2.59. The van der Waals surface area contributed by atoms with E-state index in [9.17, 15) is 33.1 Å². The number of likely N-dealkylation sites (tertiary alicyclic amines) is 1. The van der Waals surface area contributed by atoms with E-state index in [2.05, 4.69) is 10.6 Å². The second-order valence-electron chi connectivity index (χ2n) is 12.7. The number of carboxylic acids is 1. The zero-order chi connectivity index (χ0) is 31.9. The third kappa shape index (κ3) is 6.26. The Bertz CT molecular complexity index is 1470. The van der Waals surface area contributed by atoms with Crippen LogP contribution >= 0.6 is 0 Å². The third-order valence-corrected chi connectivity index (χ3v) is 8.34. The van der Waals surface area contributed by atoms with Crippen LogP contribution in [0.1, 0.15) is 67.9 Å². The fraction of sp³-hybridized carbons (Fsp3) is 0.500. The van der Waals surface area contributed by atoms with Gasteiger partial charge in [-0.05, 0) is 69.7 Å². The van der Waals surface area contributed by atoms with Crippen LogP contribution in [0.25, 0.3) is 11.1 Å². The molecule has 2 aliphatic carbocycles. The molecule has 12 heteroatoms. The maximum absolute atomic E-state index is 14.9. The highest BCUT2D eigenvalue weighted by atomic mass is 19.3. The quantitative estimate of drug-likeness (QED) is 0.322. The van der Waals surface area contributed by atoms with Crippen molar-refractivity contribution in [2.75, 3.05) is 26.3 Å². The van der Waals surface area contributed by atoms with Gasteiger partial charge in [0.15, 0.2) is 0 Å². The number of unbranched alkanes of at least 4 members (excludes halogenated alkanes) is 1. The Morgan fingerprint density at radius 2 is 1.73 bits per heavy atom. The topological polar surface area (TPSA) is 134 Å². The normalized spacial score (nSPS) is 22.4. The summed E-state index contributed by atoms with van der Waals surface area (Å²) in [6.45, 7) is 6.10. The molecule has 3 atom stereocenters. The van der Waals surface area contributed by atoms with Crippen molar-refractivity contribution in [1.82, 2.24) is 15.5 Å². The number of rotatable bonds is 11. The lowest BCUT2D eigenvalue weighted by Gasteiger charge is -2.24. The predicted molar refractivity (Wildman–Crippen MR) is 155 cm³/mol. The summed E-state index contributed by atoms with van der Waals surface area (Å²) in [6, 6.07) is 8.71. The second-order valence-corrected chi connectivity index (χ2v) is 12.7. The standard InChI is InChI=1S/C32H37F2N3O7/c1-30(2,3)44-29(42)35-12-6-7-13-43-18-31-15-24(28(40)41)37(25(31)16-31)26(38)17-36-27(39)19-10-11-23-21(14-19)20-8-4-5-9-22(20)32(23,33)34/h4-5,8-11,14,24-25H,6-7,12-13,15-18H2,1-3H3,(H,35,42)(H,36,39)(H,40,41)/t24-,25-,31+/m0/s1. The van der Waals surface area contributed by atoms with E-state index in [1.54, 1.807) is 32.9 Å². The lowest BCUT2D eigenvalue weighted by atomic mass is 10.0. The number of benzene rings is 2. The number of nitrogens with one attached hydrogen (secondary N) is 2. The first-order valence-electron chi connectivity index (χ1n) is 14.7. The SMILES string of the molecule is CC(C)(C)OC(=O)NCCCCOC[C@@]12C[C@@H]1N(C(=O)CNC(=O)c1ccc3c(c1)-c1ccccc1C3(F)F)[C@H](C(=O)O)C2. The molecule has 0 radical (unpaired) electrons. The largest absolute Gasteiger partial charge is 0.480 e. The molecule has 1 aliphatic heterocycles. The molecular weight excluding hydrogens is 576 g/mol. The number of piperidine rings is 1. The number of hydrogen-bond donors (Lipinski definition) is 3. The summed E-state index contributed by atoms with van der Waals surface area (Å²) in [5.74, 6) is -5.44. The Kier molecular flexibility index (Phi) is 8.41. The summed E-state index contributed by atoms with van der Waals surface area (Å²) >= 11 is 0. The molecule has 3 amide bonds. The summed E-state index contributed by atoms with van der Waals surface area (Å²) in [5, 5.41) is 15.0.